The molecule has 0 aliphatic carbocycles. The summed E-state index contributed by atoms with van der Waals surface area (Å²) in [5, 5.41) is 0. The van der Waals surface area contributed by atoms with Gasteiger partial charge in [0.25, 0.3) is 5.91 Å². The Morgan fingerprint density at radius 3 is 2.41 bits per heavy atom. The van der Waals surface area contributed by atoms with E-state index in [9.17, 15) is 4.79 Å². The van der Waals surface area contributed by atoms with Gasteiger partial charge in [0.05, 0.1) is 0 Å². The van der Waals surface area contributed by atoms with E-state index in [0.717, 1.165) is 25.1 Å². The van der Waals surface area contributed by atoms with E-state index in [1.807, 2.05) is 17.0 Å². The summed E-state index contributed by atoms with van der Waals surface area (Å²) in [5.74, 6) is 1.35. The fraction of sp³-hybridized carbons (Fsp3) is 0.533. The smallest absolute Gasteiger partial charge is 0.253 e. The summed E-state index contributed by atoms with van der Waals surface area (Å²) < 4.78 is 0. The van der Waals surface area contributed by atoms with Gasteiger partial charge in [-0.1, -0.05) is 32.9 Å². The Morgan fingerprint density at radius 2 is 1.94 bits per heavy atom. The summed E-state index contributed by atoms with van der Waals surface area (Å²) in [4.78, 5) is 14.2. The van der Waals surface area contributed by atoms with E-state index in [-0.39, 0.29) is 5.91 Å². The number of amides is 1. The SMILES string of the molecule is CC1CCN(C(=O)c2ccc(C(C)C)cc2)C1. The molecule has 2 rings (SSSR count). The second-order valence-electron chi connectivity index (χ2n) is 5.42. The van der Waals surface area contributed by atoms with Gasteiger partial charge in [-0.05, 0) is 36.0 Å². The lowest BCUT2D eigenvalue weighted by Crippen LogP contribution is -2.28. The molecule has 0 N–H and O–H groups in total. The standard InChI is InChI=1S/C15H21NO/c1-11(2)13-4-6-14(7-5-13)15(17)16-9-8-12(3)10-16/h4-7,11-12H,8-10H2,1-3H3. The molecule has 1 aliphatic heterocycles. The molecule has 1 fully saturated rings. The number of carbonyl (C=O) groups excluding carboxylic acids is 1. The molecule has 92 valence electrons. The summed E-state index contributed by atoms with van der Waals surface area (Å²) >= 11 is 0. The highest BCUT2D eigenvalue weighted by Crippen LogP contribution is 2.19. The van der Waals surface area contributed by atoms with Crippen molar-refractivity contribution in [1.82, 2.24) is 4.90 Å². The molecule has 1 aromatic carbocycles. The first kappa shape index (κ1) is 12.2. The Bertz CT molecular complexity index is 394. The van der Waals surface area contributed by atoms with E-state index in [0.29, 0.717) is 11.8 Å². The Morgan fingerprint density at radius 1 is 1.29 bits per heavy atom. The van der Waals surface area contributed by atoms with Gasteiger partial charge in [-0.25, -0.2) is 0 Å². The van der Waals surface area contributed by atoms with Gasteiger partial charge >= 0.3 is 0 Å². The average molecular weight is 231 g/mol. The Labute approximate surface area is 104 Å². The van der Waals surface area contributed by atoms with E-state index in [1.54, 1.807) is 0 Å². The van der Waals surface area contributed by atoms with E-state index in [1.165, 1.54) is 5.56 Å². The van der Waals surface area contributed by atoms with Crippen molar-refractivity contribution in [2.45, 2.75) is 33.1 Å². The van der Waals surface area contributed by atoms with E-state index >= 15 is 0 Å². The van der Waals surface area contributed by atoms with Gasteiger partial charge < -0.3 is 4.90 Å². The van der Waals surface area contributed by atoms with Gasteiger partial charge in [0.2, 0.25) is 0 Å². The molecule has 2 heteroatoms. The highest BCUT2D eigenvalue weighted by Gasteiger charge is 2.23. The van der Waals surface area contributed by atoms with Crippen LogP contribution in [-0.4, -0.2) is 23.9 Å². The topological polar surface area (TPSA) is 20.3 Å². The summed E-state index contributed by atoms with van der Waals surface area (Å²) in [5.41, 5.74) is 2.11. The molecular formula is C15H21NO. The summed E-state index contributed by atoms with van der Waals surface area (Å²) in [7, 11) is 0. The van der Waals surface area contributed by atoms with Crippen molar-refractivity contribution in [2.75, 3.05) is 13.1 Å². The minimum atomic E-state index is 0.185. The molecule has 0 spiro atoms. The quantitative estimate of drug-likeness (QED) is 0.765. The fourth-order valence-corrected chi connectivity index (χ4v) is 2.31. The fourth-order valence-electron chi connectivity index (χ4n) is 2.31. The summed E-state index contributed by atoms with van der Waals surface area (Å²) in [6, 6.07) is 8.05. The maximum absolute atomic E-state index is 12.2. The van der Waals surface area contributed by atoms with Gasteiger partial charge in [-0.15, -0.1) is 0 Å². The molecule has 1 amide bonds. The van der Waals surface area contributed by atoms with E-state index in [2.05, 4.69) is 32.9 Å². The van der Waals surface area contributed by atoms with Gasteiger partial charge in [0.15, 0.2) is 0 Å². The lowest BCUT2D eigenvalue weighted by atomic mass is 10.0. The zero-order valence-electron chi connectivity index (χ0n) is 10.9. The molecule has 1 aliphatic rings. The minimum absolute atomic E-state index is 0.185. The maximum atomic E-state index is 12.2. The molecule has 0 aromatic heterocycles. The molecule has 1 aromatic rings. The molecule has 1 saturated heterocycles. The van der Waals surface area contributed by atoms with Gasteiger partial charge in [0.1, 0.15) is 0 Å². The number of rotatable bonds is 2. The first-order valence-electron chi connectivity index (χ1n) is 6.47. The van der Waals surface area contributed by atoms with Crippen molar-refractivity contribution in [2.24, 2.45) is 5.92 Å². The summed E-state index contributed by atoms with van der Waals surface area (Å²) in [6.45, 7) is 8.35. The molecule has 2 nitrogen and oxygen atoms in total. The van der Waals surface area contributed by atoms with Crippen molar-refractivity contribution in [3.63, 3.8) is 0 Å². The third kappa shape index (κ3) is 2.68. The Hall–Kier alpha value is -1.31. The molecule has 17 heavy (non-hydrogen) atoms. The molecule has 1 atom stereocenters. The van der Waals surface area contributed by atoms with Crippen LogP contribution in [0.4, 0.5) is 0 Å². The van der Waals surface area contributed by atoms with Crippen LogP contribution in [0.5, 0.6) is 0 Å². The first-order valence-corrected chi connectivity index (χ1v) is 6.47. The lowest BCUT2D eigenvalue weighted by molar-refractivity contribution is 0.0788. The molecular weight excluding hydrogens is 210 g/mol. The normalized spacial score (nSPS) is 20.0. The molecule has 0 radical (unpaired) electrons. The summed E-state index contributed by atoms with van der Waals surface area (Å²) in [6.07, 6.45) is 1.13. The molecule has 0 saturated carbocycles. The van der Waals surface area contributed by atoms with Crippen LogP contribution >= 0.6 is 0 Å². The lowest BCUT2D eigenvalue weighted by Gasteiger charge is -2.16. The van der Waals surface area contributed by atoms with Crippen LogP contribution in [0.25, 0.3) is 0 Å². The number of carbonyl (C=O) groups is 1. The third-order valence-electron chi connectivity index (χ3n) is 3.54. The predicted molar refractivity (Wildman–Crippen MR) is 70.2 cm³/mol. The van der Waals surface area contributed by atoms with Gasteiger partial charge in [-0.3, -0.25) is 4.79 Å². The van der Waals surface area contributed by atoms with Crippen molar-refractivity contribution in [3.05, 3.63) is 35.4 Å². The van der Waals surface area contributed by atoms with Crippen LogP contribution in [0.3, 0.4) is 0 Å². The maximum Gasteiger partial charge on any atom is 0.253 e. The zero-order chi connectivity index (χ0) is 12.4. The van der Waals surface area contributed by atoms with E-state index in [4.69, 9.17) is 0 Å². The number of hydrogen-bond donors (Lipinski definition) is 0. The third-order valence-corrected chi connectivity index (χ3v) is 3.54. The van der Waals surface area contributed by atoms with Crippen LogP contribution in [0.2, 0.25) is 0 Å². The number of nitrogens with zero attached hydrogens (tertiary/aromatic N) is 1. The highest BCUT2D eigenvalue weighted by atomic mass is 16.2. The van der Waals surface area contributed by atoms with E-state index < -0.39 is 0 Å². The van der Waals surface area contributed by atoms with Crippen molar-refractivity contribution < 1.29 is 4.79 Å². The van der Waals surface area contributed by atoms with Crippen molar-refractivity contribution in [3.8, 4) is 0 Å². The Balaban J connectivity index is 2.09. The Kier molecular flexibility index (Phi) is 3.51. The molecule has 1 unspecified atom stereocenters. The van der Waals surface area contributed by atoms with Crippen molar-refractivity contribution >= 4 is 5.91 Å². The van der Waals surface area contributed by atoms with Crippen LogP contribution in [0.1, 0.15) is 49.0 Å². The second kappa shape index (κ2) is 4.91. The highest BCUT2D eigenvalue weighted by molar-refractivity contribution is 5.94. The van der Waals surface area contributed by atoms with Crippen LogP contribution in [0.15, 0.2) is 24.3 Å². The monoisotopic (exact) mass is 231 g/mol. The first-order chi connectivity index (χ1) is 8.08. The van der Waals surface area contributed by atoms with Gasteiger partial charge in [0, 0.05) is 18.7 Å². The minimum Gasteiger partial charge on any atom is -0.338 e. The molecule has 0 bridgehead atoms. The number of benzene rings is 1. The van der Waals surface area contributed by atoms with Crippen LogP contribution in [-0.2, 0) is 0 Å². The largest absolute Gasteiger partial charge is 0.338 e. The second-order valence-corrected chi connectivity index (χ2v) is 5.42. The van der Waals surface area contributed by atoms with Crippen LogP contribution < -0.4 is 0 Å². The average Bonchev–Trinajstić information content (AvgIpc) is 2.75. The zero-order valence-corrected chi connectivity index (χ0v) is 10.9. The number of hydrogen-bond acceptors (Lipinski definition) is 1. The number of likely N-dealkylation sites (tertiary alicyclic amines) is 1. The van der Waals surface area contributed by atoms with Crippen LogP contribution in [0, 0.1) is 5.92 Å². The van der Waals surface area contributed by atoms with Crippen molar-refractivity contribution in [1.29, 1.82) is 0 Å². The predicted octanol–water partition coefficient (Wildman–Crippen LogP) is 3.29. The molecule has 1 heterocycles. The van der Waals surface area contributed by atoms with Gasteiger partial charge in [-0.2, -0.15) is 0 Å².